The van der Waals surface area contributed by atoms with Crippen LogP contribution in [0.2, 0.25) is 0 Å². The summed E-state index contributed by atoms with van der Waals surface area (Å²) >= 11 is 0. The number of hydrogen-bond donors (Lipinski definition) is 1. The number of nitrogens with two attached hydrogens (primary N) is 1. The molecule has 1 aliphatic carbocycles. The van der Waals surface area contributed by atoms with E-state index in [0.29, 0.717) is 0 Å². The van der Waals surface area contributed by atoms with Crippen LogP contribution in [0.25, 0.3) is 5.65 Å². The van der Waals surface area contributed by atoms with Gasteiger partial charge >= 0.3 is 0 Å². The van der Waals surface area contributed by atoms with Crippen LogP contribution in [0.4, 0.5) is 0 Å². The summed E-state index contributed by atoms with van der Waals surface area (Å²) in [5, 5.41) is 4.37. The van der Waals surface area contributed by atoms with Gasteiger partial charge in [0.05, 0.1) is 5.69 Å². The fraction of sp³-hybridized carbons (Fsp3) is 0.500. The van der Waals surface area contributed by atoms with Crippen LogP contribution in [0, 0.1) is 6.92 Å². The number of aryl methyl sites for hydroxylation is 1. The quantitative estimate of drug-likeness (QED) is 0.790. The van der Waals surface area contributed by atoms with Gasteiger partial charge in [-0.05, 0) is 19.8 Å². The third kappa shape index (κ3) is 1.41. The largest absolute Gasteiger partial charge is 0.321 e. The molecule has 3 rings (SSSR count). The van der Waals surface area contributed by atoms with Gasteiger partial charge in [-0.25, -0.2) is 9.50 Å². The Morgan fingerprint density at radius 3 is 2.88 bits per heavy atom. The zero-order chi connectivity index (χ0) is 11.2. The van der Waals surface area contributed by atoms with E-state index in [-0.39, 0.29) is 5.54 Å². The maximum Gasteiger partial charge on any atom is 0.155 e. The van der Waals surface area contributed by atoms with Crippen LogP contribution in [0.3, 0.4) is 0 Å². The van der Waals surface area contributed by atoms with Gasteiger partial charge in [0, 0.05) is 29.6 Å². The first kappa shape index (κ1) is 9.78. The van der Waals surface area contributed by atoms with Crippen molar-refractivity contribution in [2.45, 2.75) is 38.1 Å². The lowest BCUT2D eigenvalue weighted by Gasteiger charge is -2.23. The summed E-state index contributed by atoms with van der Waals surface area (Å²) in [6.45, 7) is 1.97. The van der Waals surface area contributed by atoms with E-state index < -0.39 is 0 Å². The highest BCUT2D eigenvalue weighted by Gasteiger charge is 2.31. The lowest BCUT2D eigenvalue weighted by molar-refractivity contribution is 0.457. The van der Waals surface area contributed by atoms with Gasteiger partial charge in [0.15, 0.2) is 5.65 Å². The molecule has 0 aromatic carbocycles. The maximum atomic E-state index is 6.40. The van der Waals surface area contributed by atoms with Gasteiger partial charge in [-0.2, -0.15) is 5.10 Å². The minimum atomic E-state index is -0.180. The van der Waals surface area contributed by atoms with Crippen molar-refractivity contribution in [3.05, 3.63) is 29.7 Å². The van der Waals surface area contributed by atoms with E-state index in [1.165, 1.54) is 12.8 Å². The minimum Gasteiger partial charge on any atom is -0.321 e. The summed E-state index contributed by atoms with van der Waals surface area (Å²) in [6.07, 6.45) is 8.47. The highest BCUT2D eigenvalue weighted by Crippen LogP contribution is 2.35. The lowest BCUT2D eigenvalue weighted by Crippen LogP contribution is -2.33. The van der Waals surface area contributed by atoms with Crippen molar-refractivity contribution in [2.75, 3.05) is 0 Å². The molecule has 0 unspecified atom stereocenters. The Morgan fingerprint density at radius 1 is 1.38 bits per heavy atom. The number of hydrogen-bond acceptors (Lipinski definition) is 3. The summed E-state index contributed by atoms with van der Waals surface area (Å²) in [4.78, 5) is 4.41. The molecule has 1 aliphatic rings. The predicted molar refractivity (Wildman–Crippen MR) is 62.1 cm³/mol. The molecule has 0 aliphatic heterocycles. The average molecular weight is 216 g/mol. The van der Waals surface area contributed by atoms with E-state index in [0.717, 1.165) is 29.7 Å². The molecule has 84 valence electrons. The molecule has 0 spiro atoms. The van der Waals surface area contributed by atoms with Crippen molar-refractivity contribution in [3.8, 4) is 0 Å². The van der Waals surface area contributed by atoms with E-state index in [1.54, 1.807) is 0 Å². The fourth-order valence-corrected chi connectivity index (χ4v) is 2.55. The molecule has 0 bridgehead atoms. The molecule has 0 atom stereocenters. The van der Waals surface area contributed by atoms with Gasteiger partial charge in [-0.3, -0.25) is 0 Å². The first-order valence-corrected chi connectivity index (χ1v) is 5.79. The van der Waals surface area contributed by atoms with Crippen molar-refractivity contribution in [2.24, 2.45) is 5.73 Å². The molecule has 0 saturated heterocycles. The third-order valence-corrected chi connectivity index (χ3v) is 3.51. The van der Waals surface area contributed by atoms with E-state index >= 15 is 0 Å². The molecule has 4 heteroatoms. The van der Waals surface area contributed by atoms with Crippen LogP contribution >= 0.6 is 0 Å². The Morgan fingerprint density at radius 2 is 2.12 bits per heavy atom. The molecule has 1 fully saturated rings. The lowest BCUT2D eigenvalue weighted by atomic mass is 9.92. The Balaban J connectivity index is 2.10. The molecule has 0 amide bonds. The molecule has 2 aromatic heterocycles. The monoisotopic (exact) mass is 216 g/mol. The normalized spacial score (nSPS) is 19.4. The molecule has 4 nitrogen and oxygen atoms in total. The molecule has 2 heterocycles. The first-order chi connectivity index (χ1) is 7.67. The number of fused-ring (bicyclic) bond motifs is 1. The molecule has 2 N–H and O–H groups in total. The summed E-state index contributed by atoms with van der Waals surface area (Å²) in [6, 6.07) is 1.97. The van der Waals surface area contributed by atoms with Gasteiger partial charge in [0.1, 0.15) is 0 Å². The second kappa shape index (κ2) is 3.28. The third-order valence-electron chi connectivity index (χ3n) is 3.51. The van der Waals surface area contributed by atoms with Gasteiger partial charge in [0.25, 0.3) is 0 Å². The van der Waals surface area contributed by atoms with Gasteiger partial charge in [0.2, 0.25) is 0 Å². The van der Waals surface area contributed by atoms with E-state index in [1.807, 2.05) is 29.9 Å². The fourth-order valence-electron chi connectivity index (χ4n) is 2.55. The molecule has 16 heavy (non-hydrogen) atoms. The van der Waals surface area contributed by atoms with Crippen molar-refractivity contribution in [3.63, 3.8) is 0 Å². The molecule has 0 radical (unpaired) electrons. The van der Waals surface area contributed by atoms with Crippen LogP contribution in [0.5, 0.6) is 0 Å². The summed E-state index contributed by atoms with van der Waals surface area (Å²) in [5.41, 5.74) is 9.21. The molecule has 2 aromatic rings. The second-order valence-corrected chi connectivity index (χ2v) is 4.79. The molecular formula is C12H16N4. The van der Waals surface area contributed by atoms with Crippen LogP contribution in [-0.2, 0) is 5.54 Å². The summed E-state index contributed by atoms with van der Waals surface area (Å²) < 4.78 is 1.83. The van der Waals surface area contributed by atoms with E-state index in [9.17, 15) is 0 Å². The Bertz CT molecular complexity index is 523. The van der Waals surface area contributed by atoms with Crippen molar-refractivity contribution >= 4 is 5.65 Å². The Labute approximate surface area is 94.5 Å². The zero-order valence-electron chi connectivity index (χ0n) is 9.48. The number of nitrogens with zero attached hydrogens (tertiary/aromatic N) is 3. The summed E-state index contributed by atoms with van der Waals surface area (Å²) in [5.74, 6) is 0. The SMILES string of the molecule is Cc1cc2ncc(C3(N)CCCC3)cn2n1. The number of rotatable bonds is 1. The minimum absolute atomic E-state index is 0.180. The van der Waals surface area contributed by atoms with Crippen LogP contribution in [0.1, 0.15) is 36.9 Å². The van der Waals surface area contributed by atoms with Crippen molar-refractivity contribution in [1.29, 1.82) is 0 Å². The van der Waals surface area contributed by atoms with Crippen LogP contribution in [0.15, 0.2) is 18.5 Å². The second-order valence-electron chi connectivity index (χ2n) is 4.79. The topological polar surface area (TPSA) is 56.2 Å². The highest BCUT2D eigenvalue weighted by molar-refractivity contribution is 5.40. The maximum absolute atomic E-state index is 6.40. The van der Waals surface area contributed by atoms with E-state index in [2.05, 4.69) is 10.1 Å². The molecule has 1 saturated carbocycles. The standard InChI is InChI=1S/C12H16N4/c1-9-6-11-14-7-10(8-16(11)15-9)12(13)4-2-3-5-12/h6-8H,2-5,13H2,1H3. The summed E-state index contributed by atoms with van der Waals surface area (Å²) in [7, 11) is 0. The van der Waals surface area contributed by atoms with Crippen molar-refractivity contribution in [1.82, 2.24) is 14.6 Å². The van der Waals surface area contributed by atoms with Gasteiger partial charge < -0.3 is 5.73 Å². The number of aromatic nitrogens is 3. The van der Waals surface area contributed by atoms with Gasteiger partial charge in [-0.15, -0.1) is 0 Å². The first-order valence-electron chi connectivity index (χ1n) is 5.79. The Kier molecular flexibility index (Phi) is 2.01. The van der Waals surface area contributed by atoms with Gasteiger partial charge in [-0.1, -0.05) is 12.8 Å². The van der Waals surface area contributed by atoms with Crippen molar-refractivity contribution < 1.29 is 0 Å². The van der Waals surface area contributed by atoms with Crippen LogP contribution in [-0.4, -0.2) is 14.6 Å². The molecular weight excluding hydrogens is 200 g/mol. The average Bonchev–Trinajstić information content (AvgIpc) is 2.82. The highest BCUT2D eigenvalue weighted by atomic mass is 15.2. The predicted octanol–water partition coefficient (Wildman–Crippen LogP) is 1.77. The smallest absolute Gasteiger partial charge is 0.155 e. The zero-order valence-corrected chi connectivity index (χ0v) is 9.48. The van der Waals surface area contributed by atoms with E-state index in [4.69, 9.17) is 5.73 Å². The Hall–Kier alpha value is -1.42. The van der Waals surface area contributed by atoms with Crippen LogP contribution < -0.4 is 5.73 Å².